The van der Waals surface area contributed by atoms with Crippen LogP contribution in [0.2, 0.25) is 0 Å². The van der Waals surface area contributed by atoms with Crippen molar-refractivity contribution in [2.75, 3.05) is 0 Å². The van der Waals surface area contributed by atoms with Crippen molar-refractivity contribution >= 4 is 87.2 Å². The third-order valence-corrected chi connectivity index (χ3v) is 21.5. The van der Waals surface area contributed by atoms with E-state index in [2.05, 4.69) is 382 Å². The number of fused-ring (bicyclic) bond motifs is 12. The summed E-state index contributed by atoms with van der Waals surface area (Å²) in [6.07, 6.45) is 0. The van der Waals surface area contributed by atoms with Crippen LogP contribution in [0, 0.1) is 0 Å². The van der Waals surface area contributed by atoms with E-state index in [0.717, 1.165) is 133 Å². The maximum Gasteiger partial charge on any atom is 0.238 e. The second-order valence-corrected chi connectivity index (χ2v) is 28.2. The minimum Gasteiger partial charge on any atom is -0.309 e. The molecule has 0 spiro atoms. The molecule has 524 valence electrons. The highest BCUT2D eigenvalue weighted by Crippen LogP contribution is 2.43. The first-order valence-corrected chi connectivity index (χ1v) is 37.7. The maximum absolute atomic E-state index is 5.32. The average Bonchev–Trinajstić information content (AvgIpc) is 1.56. The highest BCUT2D eigenvalue weighted by atomic mass is 15.2. The van der Waals surface area contributed by atoms with Gasteiger partial charge in [-0.2, -0.15) is 19.9 Å². The smallest absolute Gasteiger partial charge is 0.238 e. The van der Waals surface area contributed by atoms with Gasteiger partial charge in [0.2, 0.25) is 11.9 Å². The molecule has 6 aromatic heterocycles. The average molecular weight is 1430 g/mol. The topological polar surface area (TPSA) is 97.1 Å². The summed E-state index contributed by atoms with van der Waals surface area (Å²) in [5.41, 5.74) is 23.8. The van der Waals surface area contributed by atoms with Gasteiger partial charge in [0, 0.05) is 76.7 Å². The van der Waals surface area contributed by atoms with Gasteiger partial charge in [-0.05, 0) is 136 Å². The molecule has 22 aromatic rings. The van der Waals surface area contributed by atoms with E-state index >= 15 is 0 Å². The molecule has 0 radical (unpaired) electrons. The van der Waals surface area contributed by atoms with Crippen molar-refractivity contribution in [3.8, 4) is 113 Å². The number of para-hydroxylation sites is 5. The van der Waals surface area contributed by atoms with E-state index in [-0.39, 0.29) is 0 Å². The predicted molar refractivity (Wildman–Crippen MR) is 460 cm³/mol. The van der Waals surface area contributed by atoms with Crippen LogP contribution in [-0.2, 0) is 0 Å². The van der Waals surface area contributed by atoms with Crippen LogP contribution < -0.4 is 0 Å². The predicted octanol–water partition coefficient (Wildman–Crippen LogP) is 25.5. The monoisotopic (exact) mass is 1430 g/mol. The van der Waals surface area contributed by atoms with Crippen LogP contribution in [0.1, 0.15) is 0 Å². The van der Waals surface area contributed by atoms with Gasteiger partial charge in [-0.1, -0.05) is 309 Å². The van der Waals surface area contributed by atoms with E-state index in [1.165, 1.54) is 32.8 Å². The lowest BCUT2D eigenvalue weighted by Crippen LogP contribution is -2.06. The largest absolute Gasteiger partial charge is 0.309 e. The van der Waals surface area contributed by atoms with Crippen LogP contribution in [-0.4, -0.2) is 48.2 Å². The molecule has 10 heteroatoms. The summed E-state index contributed by atoms with van der Waals surface area (Å²) in [6.45, 7) is 0. The molecule has 0 atom stereocenters. The molecule has 10 nitrogen and oxygen atoms in total. The van der Waals surface area contributed by atoms with Gasteiger partial charge in [0.15, 0.2) is 23.3 Å². The van der Waals surface area contributed by atoms with Crippen molar-refractivity contribution in [3.63, 3.8) is 0 Å². The van der Waals surface area contributed by atoms with Crippen LogP contribution in [0.5, 0.6) is 0 Å². The number of hydrogen-bond donors (Lipinski definition) is 0. The number of rotatable bonds is 12. The summed E-state index contributed by atoms with van der Waals surface area (Å²) in [7, 11) is 0. The molecule has 0 bridgehead atoms. The van der Waals surface area contributed by atoms with Crippen LogP contribution >= 0.6 is 0 Å². The van der Waals surface area contributed by atoms with Gasteiger partial charge in [-0.15, -0.1) is 0 Å². The molecule has 6 heterocycles. The molecular weight excluding hydrogens is 1370 g/mol. The quantitative estimate of drug-likeness (QED) is 0.121. The molecule has 0 saturated carbocycles. The van der Waals surface area contributed by atoms with E-state index in [4.69, 9.17) is 29.9 Å². The minimum atomic E-state index is 0.567. The van der Waals surface area contributed by atoms with E-state index in [1.807, 2.05) is 36.4 Å². The highest BCUT2D eigenvalue weighted by molar-refractivity contribution is 6.20. The van der Waals surface area contributed by atoms with Crippen LogP contribution in [0.3, 0.4) is 0 Å². The van der Waals surface area contributed by atoms with Gasteiger partial charge in [0.05, 0.1) is 44.1 Å². The van der Waals surface area contributed by atoms with Gasteiger partial charge < -0.3 is 9.13 Å². The molecule has 0 amide bonds. The summed E-state index contributed by atoms with van der Waals surface area (Å²) >= 11 is 0. The molecule has 0 saturated heterocycles. The first-order chi connectivity index (χ1) is 55.5. The third-order valence-electron chi connectivity index (χ3n) is 21.5. The van der Waals surface area contributed by atoms with Crippen molar-refractivity contribution in [3.05, 3.63) is 400 Å². The molecule has 0 aliphatic carbocycles. The SMILES string of the molecule is c1ccc(-c2cccc(-c3nc(-c4cccc(-c5ccccc5)c4)nc(-n4c5ccccc5c5cc6c(cc54)c4ccccc4n6-c4ccccc4)n3)c2)cc1.c1ccc(-c2cccc(-c3nc(-c4ccccc4)nc(-n4c5ccccc5c5cc6c(cc54)c4ccccc4n6-c4cccc(-c5ccccc5)c4)n3)c2)cc1. The van der Waals surface area contributed by atoms with Gasteiger partial charge >= 0.3 is 0 Å². The Morgan fingerprint density at radius 2 is 0.366 bits per heavy atom. The Morgan fingerprint density at radius 3 is 0.714 bits per heavy atom. The van der Waals surface area contributed by atoms with Crippen molar-refractivity contribution < 1.29 is 0 Å². The Balaban J connectivity index is 0.000000141. The zero-order valence-corrected chi connectivity index (χ0v) is 60.6. The fraction of sp³-hybridized carbons (Fsp3) is 0. The van der Waals surface area contributed by atoms with Crippen molar-refractivity contribution in [1.29, 1.82) is 0 Å². The zero-order valence-electron chi connectivity index (χ0n) is 60.6. The van der Waals surface area contributed by atoms with Crippen LogP contribution in [0.15, 0.2) is 400 Å². The molecule has 112 heavy (non-hydrogen) atoms. The van der Waals surface area contributed by atoms with Crippen molar-refractivity contribution in [1.82, 2.24) is 48.2 Å². The number of aromatic nitrogens is 10. The van der Waals surface area contributed by atoms with Gasteiger partial charge in [-0.25, -0.2) is 9.97 Å². The molecule has 0 fully saturated rings. The Morgan fingerprint density at radius 1 is 0.134 bits per heavy atom. The van der Waals surface area contributed by atoms with Crippen molar-refractivity contribution in [2.45, 2.75) is 0 Å². The normalized spacial score (nSPS) is 11.6. The number of hydrogen-bond acceptors (Lipinski definition) is 6. The second kappa shape index (κ2) is 27.5. The minimum absolute atomic E-state index is 0.567. The van der Waals surface area contributed by atoms with E-state index in [1.54, 1.807) is 0 Å². The summed E-state index contributed by atoms with van der Waals surface area (Å²) in [6, 6.07) is 141. The summed E-state index contributed by atoms with van der Waals surface area (Å²) in [5, 5.41) is 9.24. The third kappa shape index (κ3) is 11.5. The highest BCUT2D eigenvalue weighted by Gasteiger charge is 2.25. The molecule has 0 aliphatic rings. The first-order valence-electron chi connectivity index (χ1n) is 37.7. The Kier molecular flexibility index (Phi) is 16.0. The summed E-state index contributed by atoms with van der Waals surface area (Å²) in [4.78, 5) is 31.4. The van der Waals surface area contributed by atoms with Crippen LogP contribution in [0.4, 0.5) is 0 Å². The van der Waals surface area contributed by atoms with Gasteiger partial charge in [0.25, 0.3) is 0 Å². The molecule has 0 aliphatic heterocycles. The van der Waals surface area contributed by atoms with E-state index < -0.39 is 0 Å². The van der Waals surface area contributed by atoms with Crippen LogP contribution in [0.25, 0.3) is 201 Å². The van der Waals surface area contributed by atoms with E-state index in [9.17, 15) is 0 Å². The molecule has 0 unspecified atom stereocenters. The molecule has 16 aromatic carbocycles. The fourth-order valence-corrected chi connectivity index (χ4v) is 16.3. The van der Waals surface area contributed by atoms with Gasteiger partial charge in [0.1, 0.15) is 0 Å². The standard InChI is InChI=1S/2C51H33N5/c1-4-16-34(17-5-1)36-20-14-22-38(30-36)49-52-50(39-23-15-21-37(31-39)35-18-6-2-7-19-35)54-51(53-49)56-46-29-13-11-27-42(46)44-32-47-43(33-48(44)56)41-26-10-12-28-45(41)55(47)40-24-8-3-9-25-40;1-4-16-34(17-5-1)37-22-14-24-39(30-37)50-52-49(36-20-8-3-9-21-36)53-51(54-50)56-46-29-13-11-27-42(46)44-32-47-43(33-48(44)56)41-26-10-12-28-45(41)55(47)40-25-15-23-38(31-40)35-18-6-2-7-19-35/h2*1-33H. The summed E-state index contributed by atoms with van der Waals surface area (Å²) < 4.78 is 9.20. The summed E-state index contributed by atoms with van der Waals surface area (Å²) in [5.74, 6) is 3.61. The second-order valence-electron chi connectivity index (χ2n) is 28.2. The van der Waals surface area contributed by atoms with Crippen molar-refractivity contribution in [2.24, 2.45) is 0 Å². The first kappa shape index (κ1) is 65.1. The Bertz CT molecular complexity index is 7250. The molecule has 0 N–H and O–H groups in total. The maximum atomic E-state index is 5.32. The number of benzene rings is 16. The number of nitrogens with zero attached hydrogens (tertiary/aromatic N) is 10. The zero-order chi connectivity index (χ0) is 74.0. The Hall–Kier alpha value is -15.3. The Labute approximate surface area is 645 Å². The molecular formula is C102H66N10. The molecule has 22 rings (SSSR count). The lowest BCUT2D eigenvalue weighted by Gasteiger charge is -2.12. The van der Waals surface area contributed by atoms with E-state index in [0.29, 0.717) is 35.2 Å². The lowest BCUT2D eigenvalue weighted by molar-refractivity contribution is 0.953. The van der Waals surface area contributed by atoms with Gasteiger partial charge in [-0.3, -0.25) is 9.13 Å². The lowest BCUT2D eigenvalue weighted by atomic mass is 10.0. The fourth-order valence-electron chi connectivity index (χ4n) is 16.3.